The van der Waals surface area contributed by atoms with E-state index >= 15 is 0 Å². The summed E-state index contributed by atoms with van der Waals surface area (Å²) in [4.78, 5) is 5.02. The second-order valence-electron chi connectivity index (χ2n) is 2.89. The first-order valence-electron chi connectivity index (χ1n) is 4.22. The third kappa shape index (κ3) is 2.37. The van der Waals surface area contributed by atoms with E-state index in [4.69, 9.17) is 16.8 Å². The number of oxime groups is 1. The van der Waals surface area contributed by atoms with Crippen LogP contribution in [0.3, 0.4) is 0 Å². The van der Waals surface area contributed by atoms with Crippen molar-refractivity contribution >= 4 is 29.2 Å². The Kier molecular flexibility index (Phi) is 3.03. The predicted octanol–water partition coefficient (Wildman–Crippen LogP) is 2.45. The molecule has 0 bridgehead atoms. The molecular formula is C9H8ClN3OS. The van der Waals surface area contributed by atoms with E-state index in [2.05, 4.69) is 10.1 Å². The first-order valence-corrected chi connectivity index (χ1v) is 5.42. The summed E-state index contributed by atoms with van der Waals surface area (Å²) in [5.41, 5.74) is 0.835. The number of halogens is 1. The molecule has 15 heavy (non-hydrogen) atoms. The highest BCUT2D eigenvalue weighted by atomic mass is 35.5. The maximum Gasteiger partial charge on any atom is 0.183 e. The van der Waals surface area contributed by atoms with E-state index in [0.29, 0.717) is 11.0 Å². The van der Waals surface area contributed by atoms with Crippen molar-refractivity contribution in [3.05, 3.63) is 39.6 Å². The minimum absolute atomic E-state index is 0.537. The van der Waals surface area contributed by atoms with E-state index in [1.807, 2.05) is 22.9 Å². The normalized spacial score (nSPS) is 11.3. The molecule has 0 spiro atoms. The van der Waals surface area contributed by atoms with Crippen molar-refractivity contribution < 1.29 is 5.21 Å². The van der Waals surface area contributed by atoms with Crippen LogP contribution >= 0.6 is 22.9 Å². The second kappa shape index (κ2) is 4.46. The van der Waals surface area contributed by atoms with Crippen LogP contribution in [0.2, 0.25) is 4.47 Å². The topological polar surface area (TPSA) is 50.4 Å². The van der Waals surface area contributed by atoms with Crippen LogP contribution in [0.25, 0.3) is 0 Å². The van der Waals surface area contributed by atoms with Gasteiger partial charge in [0.05, 0.1) is 18.5 Å². The van der Waals surface area contributed by atoms with E-state index in [1.54, 1.807) is 6.20 Å². The molecule has 2 heterocycles. The van der Waals surface area contributed by atoms with E-state index in [-0.39, 0.29) is 0 Å². The highest BCUT2D eigenvalue weighted by molar-refractivity contribution is 7.15. The maximum atomic E-state index is 8.46. The van der Waals surface area contributed by atoms with Crippen LogP contribution in [0.5, 0.6) is 0 Å². The molecule has 0 fully saturated rings. The largest absolute Gasteiger partial charge is 0.411 e. The summed E-state index contributed by atoms with van der Waals surface area (Å²) in [7, 11) is 0. The summed E-state index contributed by atoms with van der Waals surface area (Å²) in [6.45, 7) is 0.679. The number of thiazole rings is 1. The molecule has 0 unspecified atom stereocenters. The summed E-state index contributed by atoms with van der Waals surface area (Å²) in [6, 6.07) is 3.75. The Balaban J connectivity index is 2.20. The fourth-order valence-electron chi connectivity index (χ4n) is 1.27. The molecule has 2 aromatic heterocycles. The third-order valence-corrected chi connectivity index (χ3v) is 3.01. The molecule has 1 N–H and O–H groups in total. The fourth-order valence-corrected chi connectivity index (χ4v) is 2.25. The zero-order valence-electron chi connectivity index (χ0n) is 7.67. The van der Waals surface area contributed by atoms with Gasteiger partial charge in [0.2, 0.25) is 0 Å². The van der Waals surface area contributed by atoms with Gasteiger partial charge < -0.3 is 9.77 Å². The Bertz CT molecular complexity index is 477. The van der Waals surface area contributed by atoms with Crippen molar-refractivity contribution in [2.75, 3.05) is 0 Å². The molecule has 0 aliphatic heterocycles. The van der Waals surface area contributed by atoms with Crippen LogP contribution in [0.1, 0.15) is 10.6 Å². The number of hydrogen-bond acceptors (Lipinski definition) is 4. The van der Waals surface area contributed by atoms with Gasteiger partial charge in [0.25, 0.3) is 0 Å². The highest BCUT2D eigenvalue weighted by Crippen LogP contribution is 2.19. The Morgan fingerprint density at radius 3 is 3.20 bits per heavy atom. The van der Waals surface area contributed by atoms with E-state index < -0.39 is 0 Å². The van der Waals surface area contributed by atoms with Crippen LogP contribution in [-0.4, -0.2) is 21.0 Å². The molecular weight excluding hydrogens is 234 g/mol. The van der Waals surface area contributed by atoms with Gasteiger partial charge in [0.15, 0.2) is 4.47 Å². The lowest BCUT2D eigenvalue weighted by Crippen LogP contribution is -2.00. The summed E-state index contributed by atoms with van der Waals surface area (Å²) < 4.78 is 2.48. The molecule has 0 amide bonds. The SMILES string of the molecule is ON=Cc1cccn1Cc1cnc(Cl)s1. The Morgan fingerprint density at radius 2 is 2.53 bits per heavy atom. The first kappa shape index (κ1) is 10.2. The standard InChI is InChI=1S/C9H8ClN3OS/c10-9-11-5-8(15-9)6-13-3-1-2-7(13)4-12-14/h1-5,14H,6H2. The average molecular weight is 242 g/mol. The van der Waals surface area contributed by atoms with Crippen LogP contribution in [0.4, 0.5) is 0 Å². The van der Waals surface area contributed by atoms with Gasteiger partial charge >= 0.3 is 0 Å². The van der Waals surface area contributed by atoms with Gasteiger partial charge in [0.1, 0.15) is 0 Å². The molecule has 0 aliphatic carbocycles. The van der Waals surface area contributed by atoms with Crippen LogP contribution in [0.15, 0.2) is 29.7 Å². The van der Waals surface area contributed by atoms with E-state index in [1.165, 1.54) is 17.6 Å². The minimum atomic E-state index is 0.537. The molecule has 0 saturated heterocycles. The quantitative estimate of drug-likeness (QED) is 0.510. The summed E-state index contributed by atoms with van der Waals surface area (Å²) in [5, 5.41) is 11.5. The zero-order chi connectivity index (χ0) is 10.7. The number of aromatic nitrogens is 2. The molecule has 0 radical (unpaired) electrons. The predicted molar refractivity (Wildman–Crippen MR) is 60.0 cm³/mol. The molecule has 2 rings (SSSR count). The molecule has 0 aliphatic rings. The molecule has 0 atom stereocenters. The van der Waals surface area contributed by atoms with Crippen molar-refractivity contribution in [1.29, 1.82) is 0 Å². The third-order valence-electron chi connectivity index (χ3n) is 1.91. The van der Waals surface area contributed by atoms with Gasteiger partial charge in [-0.1, -0.05) is 16.8 Å². The van der Waals surface area contributed by atoms with Gasteiger partial charge in [-0.05, 0) is 12.1 Å². The maximum absolute atomic E-state index is 8.46. The number of hydrogen-bond donors (Lipinski definition) is 1. The molecule has 78 valence electrons. The monoisotopic (exact) mass is 241 g/mol. The van der Waals surface area contributed by atoms with E-state index in [0.717, 1.165) is 10.6 Å². The fraction of sp³-hybridized carbons (Fsp3) is 0.111. The van der Waals surface area contributed by atoms with Crippen molar-refractivity contribution in [3.8, 4) is 0 Å². The van der Waals surface area contributed by atoms with Crippen LogP contribution < -0.4 is 0 Å². The van der Waals surface area contributed by atoms with Crippen LogP contribution in [-0.2, 0) is 6.54 Å². The van der Waals surface area contributed by atoms with Gasteiger partial charge in [-0.25, -0.2) is 4.98 Å². The minimum Gasteiger partial charge on any atom is -0.411 e. The lowest BCUT2D eigenvalue weighted by molar-refractivity contribution is 0.321. The van der Waals surface area contributed by atoms with Gasteiger partial charge in [0, 0.05) is 17.3 Å². The molecule has 2 aromatic rings. The smallest absolute Gasteiger partial charge is 0.183 e. The number of rotatable bonds is 3. The zero-order valence-corrected chi connectivity index (χ0v) is 9.24. The average Bonchev–Trinajstić information content (AvgIpc) is 2.78. The summed E-state index contributed by atoms with van der Waals surface area (Å²) in [5.74, 6) is 0. The lowest BCUT2D eigenvalue weighted by Gasteiger charge is -2.02. The second-order valence-corrected chi connectivity index (χ2v) is 4.58. The first-order chi connectivity index (χ1) is 7.29. The van der Waals surface area contributed by atoms with Crippen molar-refractivity contribution in [2.45, 2.75) is 6.54 Å². The molecule has 4 nitrogen and oxygen atoms in total. The van der Waals surface area contributed by atoms with E-state index in [9.17, 15) is 0 Å². The van der Waals surface area contributed by atoms with Gasteiger partial charge in [-0.2, -0.15) is 0 Å². The molecule has 0 saturated carbocycles. The van der Waals surface area contributed by atoms with Crippen molar-refractivity contribution in [1.82, 2.24) is 9.55 Å². The van der Waals surface area contributed by atoms with Crippen LogP contribution in [0, 0.1) is 0 Å². The molecule has 0 aromatic carbocycles. The lowest BCUT2D eigenvalue weighted by atomic mass is 10.4. The van der Waals surface area contributed by atoms with Crippen molar-refractivity contribution in [3.63, 3.8) is 0 Å². The highest BCUT2D eigenvalue weighted by Gasteiger charge is 2.03. The number of nitrogens with zero attached hydrogens (tertiary/aromatic N) is 3. The Morgan fingerprint density at radius 1 is 1.67 bits per heavy atom. The summed E-state index contributed by atoms with van der Waals surface area (Å²) in [6.07, 6.45) is 5.04. The molecule has 6 heteroatoms. The van der Waals surface area contributed by atoms with Gasteiger partial charge in [-0.3, -0.25) is 0 Å². The Hall–Kier alpha value is -1.33. The summed E-state index contributed by atoms with van der Waals surface area (Å²) >= 11 is 7.17. The Labute approximate surface area is 95.4 Å². The van der Waals surface area contributed by atoms with Crippen molar-refractivity contribution in [2.24, 2.45) is 5.16 Å². The van der Waals surface area contributed by atoms with Gasteiger partial charge in [-0.15, -0.1) is 11.3 Å².